The summed E-state index contributed by atoms with van der Waals surface area (Å²) in [5.41, 5.74) is 6.24. The van der Waals surface area contributed by atoms with Gasteiger partial charge >= 0.3 is 0 Å². The van der Waals surface area contributed by atoms with Gasteiger partial charge in [-0.15, -0.1) is 0 Å². The Kier molecular flexibility index (Phi) is 6.57. The molecule has 7 heteroatoms. The number of carbonyl (C=O) groups excluding carboxylic acids is 1. The molecule has 160 valence electrons. The fraction of sp³-hybridized carbons (Fsp3) is 0.0800. The Morgan fingerprint density at radius 1 is 1.03 bits per heavy atom. The largest absolute Gasteiger partial charge is 0.508 e. The first-order chi connectivity index (χ1) is 15.7. The quantitative estimate of drug-likeness (QED) is 0.291. The summed E-state index contributed by atoms with van der Waals surface area (Å²) in [6.45, 7) is 0.598. The SMILES string of the molecule is O=C(N/N=C\c1ccc(O)cc1)c1cc(-c2ccc(OCCc3ccccc3)cc2)n[nH]1. The molecule has 32 heavy (non-hydrogen) atoms. The summed E-state index contributed by atoms with van der Waals surface area (Å²) in [4.78, 5) is 12.3. The lowest BCUT2D eigenvalue weighted by Crippen LogP contribution is -2.17. The van der Waals surface area contributed by atoms with Crippen LogP contribution in [0.5, 0.6) is 11.5 Å². The standard InChI is InChI=1S/C25H22N4O3/c30-21-10-6-19(7-11-21)17-26-29-25(31)24-16-23(27-28-24)20-8-12-22(13-9-20)32-15-14-18-4-2-1-3-5-18/h1-13,16-17,30H,14-15H2,(H,27,28)(H,29,31)/b26-17-. The fourth-order valence-electron chi connectivity index (χ4n) is 3.03. The van der Waals surface area contributed by atoms with Gasteiger partial charge in [0.25, 0.3) is 5.91 Å². The van der Waals surface area contributed by atoms with Gasteiger partial charge < -0.3 is 9.84 Å². The Morgan fingerprint density at radius 2 is 1.78 bits per heavy atom. The molecule has 7 nitrogen and oxygen atoms in total. The Labute approximate surface area is 185 Å². The first-order valence-corrected chi connectivity index (χ1v) is 10.1. The average Bonchev–Trinajstić information content (AvgIpc) is 3.32. The van der Waals surface area contributed by atoms with Crippen LogP contribution in [-0.2, 0) is 6.42 Å². The molecule has 3 aromatic carbocycles. The van der Waals surface area contributed by atoms with E-state index in [4.69, 9.17) is 4.74 Å². The van der Waals surface area contributed by atoms with Crippen molar-refractivity contribution in [2.45, 2.75) is 6.42 Å². The summed E-state index contributed by atoms with van der Waals surface area (Å²) in [6.07, 6.45) is 2.33. The van der Waals surface area contributed by atoms with Gasteiger partial charge in [-0.25, -0.2) is 5.43 Å². The van der Waals surface area contributed by atoms with E-state index < -0.39 is 5.91 Å². The van der Waals surface area contributed by atoms with E-state index in [9.17, 15) is 9.90 Å². The molecule has 3 N–H and O–H groups in total. The number of aromatic nitrogens is 2. The molecular formula is C25H22N4O3. The molecule has 0 aliphatic heterocycles. The molecule has 4 rings (SSSR count). The zero-order chi connectivity index (χ0) is 22.2. The molecule has 1 amide bonds. The van der Waals surface area contributed by atoms with Crippen molar-refractivity contribution in [2.75, 3.05) is 6.61 Å². The number of amides is 1. The number of aromatic hydroxyl groups is 1. The molecule has 0 atom stereocenters. The van der Waals surface area contributed by atoms with Crippen LogP contribution in [-0.4, -0.2) is 34.0 Å². The minimum atomic E-state index is -0.403. The van der Waals surface area contributed by atoms with E-state index in [1.165, 1.54) is 11.8 Å². The number of aromatic amines is 1. The van der Waals surface area contributed by atoms with E-state index in [-0.39, 0.29) is 5.75 Å². The molecule has 1 aromatic heterocycles. The van der Waals surface area contributed by atoms with Crippen LogP contribution in [0, 0.1) is 0 Å². The highest BCUT2D eigenvalue weighted by Crippen LogP contribution is 2.21. The number of carbonyl (C=O) groups is 1. The van der Waals surface area contributed by atoms with Gasteiger partial charge in [-0.3, -0.25) is 9.89 Å². The highest BCUT2D eigenvalue weighted by atomic mass is 16.5. The number of ether oxygens (including phenoxy) is 1. The van der Waals surface area contributed by atoms with Crippen LogP contribution in [0.2, 0.25) is 0 Å². The molecule has 4 aromatic rings. The maximum Gasteiger partial charge on any atom is 0.289 e. The van der Waals surface area contributed by atoms with Crippen molar-refractivity contribution in [1.82, 2.24) is 15.6 Å². The molecular weight excluding hydrogens is 404 g/mol. The van der Waals surface area contributed by atoms with Gasteiger partial charge in [-0.2, -0.15) is 10.2 Å². The predicted octanol–water partition coefficient (Wildman–Crippen LogP) is 4.17. The maximum atomic E-state index is 12.3. The normalized spacial score (nSPS) is 10.9. The van der Waals surface area contributed by atoms with E-state index in [0.717, 1.165) is 23.3 Å². The highest BCUT2D eigenvalue weighted by molar-refractivity contribution is 5.94. The van der Waals surface area contributed by atoms with Crippen molar-refractivity contribution in [3.05, 3.63) is 102 Å². The summed E-state index contributed by atoms with van der Waals surface area (Å²) in [5.74, 6) is 0.546. The third-order valence-electron chi connectivity index (χ3n) is 4.75. The summed E-state index contributed by atoms with van der Waals surface area (Å²) >= 11 is 0. The van der Waals surface area contributed by atoms with Crippen LogP contribution in [0.4, 0.5) is 0 Å². The van der Waals surface area contributed by atoms with Gasteiger partial charge in [0.1, 0.15) is 17.2 Å². The summed E-state index contributed by atoms with van der Waals surface area (Å²) < 4.78 is 5.81. The fourth-order valence-corrected chi connectivity index (χ4v) is 3.03. The number of phenols is 1. The molecule has 0 aliphatic rings. The molecule has 0 unspecified atom stereocenters. The molecule has 1 heterocycles. The van der Waals surface area contributed by atoms with E-state index in [1.54, 1.807) is 30.3 Å². The van der Waals surface area contributed by atoms with Crippen molar-refractivity contribution in [3.8, 4) is 22.8 Å². The maximum absolute atomic E-state index is 12.3. The monoisotopic (exact) mass is 426 g/mol. The third-order valence-corrected chi connectivity index (χ3v) is 4.75. The van der Waals surface area contributed by atoms with E-state index >= 15 is 0 Å². The Morgan fingerprint density at radius 3 is 2.53 bits per heavy atom. The number of nitrogens with zero attached hydrogens (tertiary/aromatic N) is 2. The zero-order valence-corrected chi connectivity index (χ0v) is 17.2. The number of hydrogen-bond acceptors (Lipinski definition) is 5. The molecule has 0 saturated carbocycles. The van der Waals surface area contributed by atoms with Gasteiger partial charge in [0, 0.05) is 12.0 Å². The van der Waals surface area contributed by atoms with Crippen molar-refractivity contribution < 1.29 is 14.6 Å². The minimum absolute atomic E-state index is 0.169. The van der Waals surface area contributed by atoms with Crippen LogP contribution in [0.15, 0.2) is 90.0 Å². The minimum Gasteiger partial charge on any atom is -0.508 e. The number of phenolic OH excluding ortho intramolecular Hbond substituents is 1. The van der Waals surface area contributed by atoms with Crippen molar-refractivity contribution in [3.63, 3.8) is 0 Å². The lowest BCUT2D eigenvalue weighted by Gasteiger charge is -2.06. The Balaban J connectivity index is 1.30. The number of hydrazone groups is 1. The van der Waals surface area contributed by atoms with Gasteiger partial charge in [-0.1, -0.05) is 30.3 Å². The van der Waals surface area contributed by atoms with E-state index in [1.807, 2.05) is 42.5 Å². The second-order valence-corrected chi connectivity index (χ2v) is 7.07. The van der Waals surface area contributed by atoms with Crippen molar-refractivity contribution in [1.29, 1.82) is 0 Å². The number of benzene rings is 3. The smallest absolute Gasteiger partial charge is 0.289 e. The molecule has 0 radical (unpaired) electrons. The van der Waals surface area contributed by atoms with Gasteiger partial charge in [0.15, 0.2) is 0 Å². The first-order valence-electron chi connectivity index (χ1n) is 10.1. The van der Waals surface area contributed by atoms with Crippen molar-refractivity contribution in [2.24, 2.45) is 5.10 Å². The topological polar surface area (TPSA) is 99.6 Å². The number of hydrogen-bond donors (Lipinski definition) is 3. The zero-order valence-electron chi connectivity index (χ0n) is 17.2. The van der Waals surface area contributed by atoms with Crippen molar-refractivity contribution >= 4 is 12.1 Å². The third kappa shape index (κ3) is 5.60. The van der Waals surface area contributed by atoms with Gasteiger partial charge in [0.05, 0.1) is 18.5 Å². The number of rotatable bonds is 8. The second kappa shape index (κ2) is 10.1. The van der Waals surface area contributed by atoms with Crippen LogP contribution >= 0.6 is 0 Å². The molecule has 0 bridgehead atoms. The predicted molar refractivity (Wildman–Crippen MR) is 123 cm³/mol. The molecule has 0 spiro atoms. The second-order valence-electron chi connectivity index (χ2n) is 7.07. The van der Waals surface area contributed by atoms with Gasteiger partial charge in [0.2, 0.25) is 0 Å². The molecule has 0 fully saturated rings. The first kappa shape index (κ1) is 20.9. The van der Waals surface area contributed by atoms with Crippen LogP contribution < -0.4 is 10.2 Å². The van der Waals surface area contributed by atoms with E-state index in [2.05, 4.69) is 32.9 Å². The van der Waals surface area contributed by atoms with Crippen LogP contribution in [0.25, 0.3) is 11.3 Å². The lowest BCUT2D eigenvalue weighted by molar-refractivity contribution is 0.0950. The number of H-pyrrole nitrogens is 1. The Hall–Kier alpha value is -4.39. The highest BCUT2D eigenvalue weighted by Gasteiger charge is 2.10. The Bertz CT molecular complexity index is 1180. The summed E-state index contributed by atoms with van der Waals surface area (Å²) in [5, 5.41) is 20.1. The average molecular weight is 426 g/mol. The lowest BCUT2D eigenvalue weighted by atomic mass is 10.1. The van der Waals surface area contributed by atoms with Crippen LogP contribution in [0.3, 0.4) is 0 Å². The van der Waals surface area contributed by atoms with Crippen LogP contribution in [0.1, 0.15) is 21.6 Å². The summed E-state index contributed by atoms with van der Waals surface area (Å²) in [7, 11) is 0. The molecule has 0 saturated heterocycles. The van der Waals surface area contributed by atoms with Gasteiger partial charge in [-0.05, 0) is 65.7 Å². The number of nitrogens with one attached hydrogen (secondary N) is 2. The molecule has 0 aliphatic carbocycles. The summed E-state index contributed by atoms with van der Waals surface area (Å²) in [6, 6.07) is 25.9. The van der Waals surface area contributed by atoms with E-state index in [0.29, 0.717) is 18.0 Å².